The molecule has 0 amide bonds. The molecule has 2 nitrogen and oxygen atoms in total. The van der Waals surface area contributed by atoms with E-state index in [9.17, 15) is 0 Å². The Labute approximate surface area is 101 Å². The third kappa shape index (κ3) is 3.46. The van der Waals surface area contributed by atoms with Crippen LogP contribution in [0.15, 0.2) is 0 Å². The molecule has 16 heavy (non-hydrogen) atoms. The SMILES string of the molecule is CCC1CCN(CC2CCNC(C)C2)CC1. The van der Waals surface area contributed by atoms with Crippen LogP contribution in [-0.2, 0) is 0 Å². The van der Waals surface area contributed by atoms with Gasteiger partial charge in [-0.15, -0.1) is 0 Å². The van der Waals surface area contributed by atoms with Crippen molar-refractivity contribution in [2.45, 2.75) is 52.0 Å². The number of rotatable bonds is 3. The zero-order valence-electron chi connectivity index (χ0n) is 11.0. The van der Waals surface area contributed by atoms with Crippen LogP contribution >= 0.6 is 0 Å². The zero-order chi connectivity index (χ0) is 11.4. The molecule has 0 aromatic rings. The van der Waals surface area contributed by atoms with Gasteiger partial charge < -0.3 is 10.2 Å². The number of piperidine rings is 2. The summed E-state index contributed by atoms with van der Waals surface area (Å²) in [6.07, 6.45) is 7.04. The lowest BCUT2D eigenvalue weighted by Crippen LogP contribution is -2.42. The molecule has 2 aliphatic heterocycles. The van der Waals surface area contributed by atoms with E-state index < -0.39 is 0 Å². The molecule has 2 aliphatic rings. The van der Waals surface area contributed by atoms with Gasteiger partial charge in [0.15, 0.2) is 0 Å². The van der Waals surface area contributed by atoms with Crippen LogP contribution in [-0.4, -0.2) is 37.1 Å². The maximum absolute atomic E-state index is 3.55. The zero-order valence-corrected chi connectivity index (χ0v) is 11.0. The summed E-state index contributed by atoms with van der Waals surface area (Å²) in [6.45, 7) is 9.98. The first kappa shape index (κ1) is 12.4. The molecular formula is C14H28N2. The molecule has 2 atom stereocenters. The quantitative estimate of drug-likeness (QED) is 0.792. The first-order chi connectivity index (χ1) is 7.78. The molecular weight excluding hydrogens is 196 g/mol. The Hall–Kier alpha value is -0.0800. The van der Waals surface area contributed by atoms with Crippen molar-refractivity contribution in [3.8, 4) is 0 Å². The highest BCUT2D eigenvalue weighted by atomic mass is 15.1. The molecule has 2 saturated heterocycles. The van der Waals surface area contributed by atoms with Crippen LogP contribution in [0.5, 0.6) is 0 Å². The molecule has 0 aromatic carbocycles. The molecule has 94 valence electrons. The summed E-state index contributed by atoms with van der Waals surface area (Å²) < 4.78 is 0. The fraction of sp³-hybridized carbons (Fsp3) is 1.00. The molecule has 0 saturated carbocycles. The predicted molar refractivity (Wildman–Crippen MR) is 69.6 cm³/mol. The van der Waals surface area contributed by atoms with Crippen molar-refractivity contribution in [2.75, 3.05) is 26.2 Å². The standard InChI is InChI=1S/C14H28N2/c1-3-13-5-8-16(9-6-13)11-14-4-7-15-12(2)10-14/h12-15H,3-11H2,1-2H3. The minimum atomic E-state index is 0.743. The molecule has 2 fully saturated rings. The lowest BCUT2D eigenvalue weighted by atomic mass is 9.90. The summed E-state index contributed by atoms with van der Waals surface area (Å²) in [5, 5.41) is 3.55. The third-order valence-corrected chi connectivity index (χ3v) is 4.53. The van der Waals surface area contributed by atoms with E-state index in [1.165, 1.54) is 58.3 Å². The van der Waals surface area contributed by atoms with Crippen molar-refractivity contribution in [3.63, 3.8) is 0 Å². The number of nitrogens with zero attached hydrogens (tertiary/aromatic N) is 1. The average Bonchev–Trinajstić information content (AvgIpc) is 2.30. The molecule has 2 rings (SSSR count). The van der Waals surface area contributed by atoms with Gasteiger partial charge in [0.2, 0.25) is 0 Å². The van der Waals surface area contributed by atoms with Crippen molar-refractivity contribution in [2.24, 2.45) is 11.8 Å². The van der Waals surface area contributed by atoms with Crippen LogP contribution in [0.25, 0.3) is 0 Å². The van der Waals surface area contributed by atoms with E-state index in [-0.39, 0.29) is 0 Å². The Morgan fingerprint density at radius 1 is 1.12 bits per heavy atom. The van der Waals surface area contributed by atoms with E-state index in [2.05, 4.69) is 24.1 Å². The third-order valence-electron chi connectivity index (χ3n) is 4.53. The molecule has 2 heteroatoms. The van der Waals surface area contributed by atoms with Gasteiger partial charge in [-0.3, -0.25) is 0 Å². The van der Waals surface area contributed by atoms with Crippen LogP contribution in [0.2, 0.25) is 0 Å². The second kappa shape index (κ2) is 6.02. The van der Waals surface area contributed by atoms with Gasteiger partial charge in [0.05, 0.1) is 0 Å². The smallest absolute Gasteiger partial charge is 0.00418 e. The topological polar surface area (TPSA) is 15.3 Å². The van der Waals surface area contributed by atoms with E-state index in [0.29, 0.717) is 0 Å². The average molecular weight is 224 g/mol. The second-order valence-electron chi connectivity index (χ2n) is 5.90. The lowest BCUT2D eigenvalue weighted by molar-refractivity contribution is 0.140. The summed E-state index contributed by atoms with van der Waals surface area (Å²) in [6, 6.07) is 0.743. The molecule has 2 heterocycles. The highest BCUT2D eigenvalue weighted by molar-refractivity contribution is 4.79. The Morgan fingerprint density at radius 2 is 1.88 bits per heavy atom. The number of nitrogens with one attached hydrogen (secondary N) is 1. The Kier molecular flexibility index (Phi) is 4.66. The van der Waals surface area contributed by atoms with Gasteiger partial charge in [0, 0.05) is 12.6 Å². The van der Waals surface area contributed by atoms with E-state index >= 15 is 0 Å². The van der Waals surface area contributed by atoms with Gasteiger partial charge in [0.25, 0.3) is 0 Å². The largest absolute Gasteiger partial charge is 0.314 e. The first-order valence-corrected chi connectivity index (χ1v) is 7.23. The molecule has 0 spiro atoms. The Morgan fingerprint density at radius 3 is 2.50 bits per heavy atom. The monoisotopic (exact) mass is 224 g/mol. The normalized spacial score (nSPS) is 34.1. The van der Waals surface area contributed by atoms with E-state index in [1.807, 2.05) is 0 Å². The van der Waals surface area contributed by atoms with E-state index in [1.54, 1.807) is 0 Å². The van der Waals surface area contributed by atoms with Crippen molar-refractivity contribution < 1.29 is 0 Å². The van der Waals surface area contributed by atoms with Crippen LogP contribution in [0.4, 0.5) is 0 Å². The summed E-state index contributed by atoms with van der Waals surface area (Å²) in [4.78, 5) is 2.72. The van der Waals surface area contributed by atoms with Gasteiger partial charge in [0.1, 0.15) is 0 Å². The maximum Gasteiger partial charge on any atom is 0.00418 e. The molecule has 0 aromatic heterocycles. The fourth-order valence-corrected chi connectivity index (χ4v) is 3.34. The summed E-state index contributed by atoms with van der Waals surface area (Å²) in [5.41, 5.74) is 0. The van der Waals surface area contributed by atoms with Crippen molar-refractivity contribution >= 4 is 0 Å². The van der Waals surface area contributed by atoms with Gasteiger partial charge in [-0.1, -0.05) is 13.3 Å². The highest BCUT2D eigenvalue weighted by Gasteiger charge is 2.23. The molecule has 0 bridgehead atoms. The maximum atomic E-state index is 3.55. The summed E-state index contributed by atoms with van der Waals surface area (Å²) in [7, 11) is 0. The summed E-state index contributed by atoms with van der Waals surface area (Å²) in [5.74, 6) is 1.97. The number of likely N-dealkylation sites (tertiary alicyclic amines) is 1. The fourth-order valence-electron chi connectivity index (χ4n) is 3.34. The van der Waals surface area contributed by atoms with Crippen LogP contribution in [0.1, 0.15) is 46.0 Å². The van der Waals surface area contributed by atoms with Gasteiger partial charge in [-0.25, -0.2) is 0 Å². The van der Waals surface area contributed by atoms with Crippen LogP contribution in [0, 0.1) is 11.8 Å². The lowest BCUT2D eigenvalue weighted by Gasteiger charge is -2.36. The van der Waals surface area contributed by atoms with Gasteiger partial charge in [-0.2, -0.15) is 0 Å². The Balaban J connectivity index is 1.69. The van der Waals surface area contributed by atoms with E-state index in [0.717, 1.165) is 17.9 Å². The molecule has 0 aliphatic carbocycles. The van der Waals surface area contributed by atoms with Gasteiger partial charge >= 0.3 is 0 Å². The second-order valence-corrected chi connectivity index (χ2v) is 5.90. The van der Waals surface area contributed by atoms with Crippen molar-refractivity contribution in [3.05, 3.63) is 0 Å². The van der Waals surface area contributed by atoms with E-state index in [4.69, 9.17) is 0 Å². The molecule has 0 radical (unpaired) electrons. The Bertz CT molecular complexity index is 197. The molecule has 1 N–H and O–H groups in total. The highest BCUT2D eigenvalue weighted by Crippen LogP contribution is 2.23. The first-order valence-electron chi connectivity index (χ1n) is 7.23. The number of hydrogen-bond donors (Lipinski definition) is 1. The minimum Gasteiger partial charge on any atom is -0.314 e. The van der Waals surface area contributed by atoms with Crippen molar-refractivity contribution in [1.82, 2.24) is 10.2 Å². The van der Waals surface area contributed by atoms with Crippen molar-refractivity contribution in [1.29, 1.82) is 0 Å². The minimum absolute atomic E-state index is 0.743. The molecule has 2 unspecified atom stereocenters. The summed E-state index contributed by atoms with van der Waals surface area (Å²) >= 11 is 0. The van der Waals surface area contributed by atoms with Crippen LogP contribution in [0.3, 0.4) is 0 Å². The predicted octanol–water partition coefficient (Wildman–Crippen LogP) is 2.50. The van der Waals surface area contributed by atoms with Gasteiger partial charge in [-0.05, 0) is 64.1 Å². The number of hydrogen-bond acceptors (Lipinski definition) is 2. The van der Waals surface area contributed by atoms with Crippen LogP contribution < -0.4 is 5.32 Å².